The van der Waals surface area contributed by atoms with E-state index in [9.17, 15) is 0 Å². The quantitative estimate of drug-likeness (QED) is 0.867. The van der Waals surface area contributed by atoms with E-state index in [0.29, 0.717) is 12.6 Å². The number of hydrogen-bond acceptors (Lipinski definition) is 6. The zero-order valence-corrected chi connectivity index (χ0v) is 11.2. The summed E-state index contributed by atoms with van der Waals surface area (Å²) in [5, 5.41) is 3.21. The molecule has 0 spiro atoms. The van der Waals surface area contributed by atoms with Gasteiger partial charge >= 0.3 is 0 Å². The number of likely N-dealkylation sites (N-methyl/N-ethyl adjacent to an activating group) is 1. The van der Waals surface area contributed by atoms with E-state index >= 15 is 0 Å². The largest absolute Gasteiger partial charge is 0.349 e. The minimum Gasteiger partial charge on any atom is -0.349 e. The van der Waals surface area contributed by atoms with Crippen LogP contribution in [0, 0.1) is 0 Å². The van der Waals surface area contributed by atoms with Crippen molar-refractivity contribution in [1.82, 2.24) is 14.9 Å². The summed E-state index contributed by atoms with van der Waals surface area (Å²) < 4.78 is 0. The second kappa shape index (κ2) is 4.79. The normalized spacial score (nSPS) is 21.7. The highest BCUT2D eigenvalue weighted by Gasteiger charge is 2.26. The Balaban J connectivity index is 2.00. The number of piperazine rings is 1. The SMILES string of the molecule is CN1CCN(c2ncnc3sccc23)C(CN)C1. The average molecular weight is 263 g/mol. The molecular weight excluding hydrogens is 246 g/mol. The summed E-state index contributed by atoms with van der Waals surface area (Å²) in [5.41, 5.74) is 5.90. The third kappa shape index (κ3) is 1.96. The van der Waals surface area contributed by atoms with Gasteiger partial charge in [-0.05, 0) is 18.5 Å². The molecule has 1 unspecified atom stereocenters. The zero-order chi connectivity index (χ0) is 12.5. The van der Waals surface area contributed by atoms with E-state index in [1.807, 2.05) is 0 Å². The van der Waals surface area contributed by atoms with Crippen molar-refractivity contribution in [3.63, 3.8) is 0 Å². The Bertz CT molecular complexity index is 540. The molecule has 0 radical (unpaired) electrons. The zero-order valence-electron chi connectivity index (χ0n) is 10.4. The number of anilines is 1. The maximum atomic E-state index is 5.90. The van der Waals surface area contributed by atoms with E-state index in [-0.39, 0.29) is 0 Å². The van der Waals surface area contributed by atoms with Crippen molar-refractivity contribution >= 4 is 27.4 Å². The second-order valence-electron chi connectivity index (χ2n) is 4.68. The lowest BCUT2D eigenvalue weighted by molar-refractivity contribution is 0.269. The van der Waals surface area contributed by atoms with Gasteiger partial charge < -0.3 is 15.5 Å². The molecule has 5 nitrogen and oxygen atoms in total. The maximum Gasteiger partial charge on any atom is 0.141 e. The predicted molar refractivity (Wildman–Crippen MR) is 75.1 cm³/mol. The summed E-state index contributed by atoms with van der Waals surface area (Å²) in [6, 6.07) is 2.43. The summed E-state index contributed by atoms with van der Waals surface area (Å²) in [5.74, 6) is 1.03. The maximum absolute atomic E-state index is 5.90. The number of hydrogen-bond donors (Lipinski definition) is 1. The van der Waals surface area contributed by atoms with Crippen molar-refractivity contribution in [2.75, 3.05) is 38.1 Å². The molecule has 0 saturated carbocycles. The fraction of sp³-hybridized carbons (Fsp3) is 0.500. The fourth-order valence-electron chi connectivity index (χ4n) is 2.50. The Morgan fingerprint density at radius 2 is 2.33 bits per heavy atom. The summed E-state index contributed by atoms with van der Waals surface area (Å²) in [7, 11) is 2.14. The van der Waals surface area contributed by atoms with Gasteiger partial charge in [-0.2, -0.15) is 0 Å². The monoisotopic (exact) mass is 263 g/mol. The number of nitrogens with two attached hydrogens (primary N) is 1. The van der Waals surface area contributed by atoms with Crippen molar-refractivity contribution in [1.29, 1.82) is 0 Å². The highest BCUT2D eigenvalue weighted by Crippen LogP contribution is 2.28. The van der Waals surface area contributed by atoms with Crippen LogP contribution in [0.2, 0.25) is 0 Å². The first-order chi connectivity index (χ1) is 8.79. The van der Waals surface area contributed by atoms with Crippen LogP contribution in [0.1, 0.15) is 0 Å². The van der Waals surface area contributed by atoms with Crippen molar-refractivity contribution < 1.29 is 0 Å². The van der Waals surface area contributed by atoms with E-state index in [4.69, 9.17) is 5.73 Å². The molecule has 0 aliphatic carbocycles. The molecule has 96 valence electrons. The van der Waals surface area contributed by atoms with Crippen LogP contribution in [0.4, 0.5) is 5.82 Å². The highest BCUT2D eigenvalue weighted by molar-refractivity contribution is 7.16. The first-order valence-electron chi connectivity index (χ1n) is 6.13. The molecule has 0 amide bonds. The molecule has 1 saturated heterocycles. The third-order valence-electron chi connectivity index (χ3n) is 3.47. The van der Waals surface area contributed by atoms with Crippen LogP contribution in [0.25, 0.3) is 10.2 Å². The van der Waals surface area contributed by atoms with Crippen LogP contribution in [0.3, 0.4) is 0 Å². The van der Waals surface area contributed by atoms with E-state index < -0.39 is 0 Å². The summed E-state index contributed by atoms with van der Waals surface area (Å²) in [6.07, 6.45) is 1.65. The lowest BCUT2D eigenvalue weighted by atomic mass is 10.1. The lowest BCUT2D eigenvalue weighted by Crippen LogP contribution is -2.55. The molecule has 3 heterocycles. The van der Waals surface area contributed by atoms with Gasteiger partial charge in [0.25, 0.3) is 0 Å². The molecule has 3 rings (SSSR count). The molecule has 1 aliphatic heterocycles. The van der Waals surface area contributed by atoms with E-state index in [2.05, 4.69) is 38.3 Å². The first kappa shape index (κ1) is 11.8. The van der Waals surface area contributed by atoms with Gasteiger partial charge in [0.05, 0.1) is 11.4 Å². The van der Waals surface area contributed by atoms with Gasteiger partial charge in [-0.15, -0.1) is 11.3 Å². The van der Waals surface area contributed by atoms with Crippen LogP contribution in [0.15, 0.2) is 17.8 Å². The standard InChI is InChI=1S/C12H17N5S/c1-16-3-4-17(9(6-13)7-16)11-10-2-5-18-12(10)15-8-14-11/h2,5,8-9H,3-4,6-7,13H2,1H3. The van der Waals surface area contributed by atoms with Gasteiger partial charge in [-0.1, -0.05) is 0 Å². The molecular formula is C12H17N5S. The van der Waals surface area contributed by atoms with Crippen LogP contribution in [-0.2, 0) is 0 Å². The molecule has 2 aromatic rings. The Morgan fingerprint density at radius 1 is 1.44 bits per heavy atom. The minimum absolute atomic E-state index is 0.335. The van der Waals surface area contributed by atoms with E-state index in [0.717, 1.165) is 35.7 Å². The van der Waals surface area contributed by atoms with Gasteiger partial charge in [0.1, 0.15) is 17.0 Å². The fourth-order valence-corrected chi connectivity index (χ4v) is 3.22. The van der Waals surface area contributed by atoms with Gasteiger partial charge in [-0.25, -0.2) is 9.97 Å². The smallest absolute Gasteiger partial charge is 0.141 e. The number of fused-ring (bicyclic) bond motifs is 1. The summed E-state index contributed by atoms with van der Waals surface area (Å²) >= 11 is 1.66. The minimum atomic E-state index is 0.335. The van der Waals surface area contributed by atoms with Gasteiger partial charge in [-0.3, -0.25) is 0 Å². The van der Waals surface area contributed by atoms with Gasteiger partial charge in [0.15, 0.2) is 0 Å². The topological polar surface area (TPSA) is 58.3 Å². The molecule has 2 aromatic heterocycles. The molecule has 1 atom stereocenters. The van der Waals surface area contributed by atoms with E-state index in [1.165, 1.54) is 0 Å². The third-order valence-corrected chi connectivity index (χ3v) is 4.29. The van der Waals surface area contributed by atoms with E-state index in [1.54, 1.807) is 17.7 Å². The molecule has 0 aromatic carbocycles. The molecule has 0 bridgehead atoms. The molecule has 18 heavy (non-hydrogen) atoms. The van der Waals surface area contributed by atoms with Gasteiger partial charge in [0, 0.05) is 26.2 Å². The van der Waals surface area contributed by atoms with Crippen molar-refractivity contribution in [3.05, 3.63) is 17.8 Å². The Kier molecular flexibility index (Phi) is 3.15. The number of thiophene rings is 1. The van der Waals surface area contributed by atoms with Crippen molar-refractivity contribution in [2.45, 2.75) is 6.04 Å². The van der Waals surface area contributed by atoms with Gasteiger partial charge in [0.2, 0.25) is 0 Å². The molecule has 6 heteroatoms. The molecule has 2 N–H and O–H groups in total. The average Bonchev–Trinajstić information content (AvgIpc) is 2.86. The van der Waals surface area contributed by atoms with Crippen LogP contribution >= 0.6 is 11.3 Å². The number of aromatic nitrogens is 2. The molecule has 1 fully saturated rings. The lowest BCUT2D eigenvalue weighted by Gasteiger charge is -2.40. The van der Waals surface area contributed by atoms with Crippen LogP contribution < -0.4 is 10.6 Å². The number of rotatable bonds is 2. The van der Waals surface area contributed by atoms with Crippen LogP contribution in [0.5, 0.6) is 0 Å². The molecule has 1 aliphatic rings. The number of nitrogens with zero attached hydrogens (tertiary/aromatic N) is 4. The first-order valence-corrected chi connectivity index (χ1v) is 7.01. The summed E-state index contributed by atoms with van der Waals surface area (Å²) in [4.78, 5) is 14.5. The Hall–Kier alpha value is -1.24. The highest BCUT2D eigenvalue weighted by atomic mass is 32.1. The van der Waals surface area contributed by atoms with Crippen molar-refractivity contribution in [3.8, 4) is 0 Å². The van der Waals surface area contributed by atoms with Crippen molar-refractivity contribution in [2.24, 2.45) is 5.73 Å². The second-order valence-corrected chi connectivity index (χ2v) is 5.58. The van der Waals surface area contributed by atoms with Crippen LogP contribution in [-0.4, -0.2) is 54.1 Å². The Labute approximate surface area is 110 Å². The Morgan fingerprint density at radius 3 is 3.17 bits per heavy atom. The summed E-state index contributed by atoms with van der Waals surface area (Å²) in [6.45, 7) is 3.67. The predicted octanol–water partition coefficient (Wildman–Crippen LogP) is 0.770.